The van der Waals surface area contributed by atoms with E-state index in [4.69, 9.17) is 4.74 Å². The zero-order valence-electron chi connectivity index (χ0n) is 12.5. The Morgan fingerprint density at radius 1 is 1.52 bits per heavy atom. The zero-order valence-corrected chi connectivity index (χ0v) is 12.5. The molecule has 2 atom stereocenters. The molecule has 1 saturated heterocycles. The summed E-state index contributed by atoms with van der Waals surface area (Å²) < 4.78 is 5.46. The van der Waals surface area contributed by atoms with Crippen molar-refractivity contribution in [2.24, 2.45) is 0 Å². The van der Waals surface area contributed by atoms with E-state index in [2.05, 4.69) is 16.0 Å². The molecule has 2 aliphatic rings. The number of amides is 1. The summed E-state index contributed by atoms with van der Waals surface area (Å²) in [5.41, 5.74) is 1.30. The minimum Gasteiger partial charge on any atom is -0.380 e. The number of ether oxygens (including phenoxy) is 1. The van der Waals surface area contributed by atoms with Gasteiger partial charge in [-0.2, -0.15) is 0 Å². The first-order valence-electron chi connectivity index (χ1n) is 7.77. The van der Waals surface area contributed by atoms with Crippen LogP contribution in [0.1, 0.15) is 50.4 Å². The molecule has 0 radical (unpaired) electrons. The summed E-state index contributed by atoms with van der Waals surface area (Å²) in [6.07, 6.45) is 11.9. The lowest BCUT2D eigenvalue weighted by molar-refractivity contribution is -0.131. The highest BCUT2D eigenvalue weighted by molar-refractivity contribution is 5.79. The number of allylic oxidation sites excluding steroid dienone is 1. The van der Waals surface area contributed by atoms with Crippen LogP contribution in [-0.2, 0) is 9.53 Å². The van der Waals surface area contributed by atoms with E-state index >= 15 is 0 Å². The van der Waals surface area contributed by atoms with Gasteiger partial charge in [0.25, 0.3) is 0 Å². The number of rotatable bonds is 4. The van der Waals surface area contributed by atoms with Gasteiger partial charge in [0.2, 0.25) is 5.91 Å². The number of likely N-dealkylation sites (tertiary alicyclic amines) is 1. The van der Waals surface area contributed by atoms with Gasteiger partial charge in [0.1, 0.15) is 5.82 Å². The second-order valence-electron chi connectivity index (χ2n) is 5.91. The average molecular weight is 289 g/mol. The van der Waals surface area contributed by atoms with E-state index in [1.54, 1.807) is 13.3 Å². The number of nitrogens with zero attached hydrogens (tertiary/aromatic N) is 2. The van der Waals surface area contributed by atoms with E-state index < -0.39 is 0 Å². The van der Waals surface area contributed by atoms with Gasteiger partial charge in [-0.15, -0.1) is 0 Å². The van der Waals surface area contributed by atoms with Crippen LogP contribution in [0.5, 0.6) is 0 Å². The third-order valence-electron chi connectivity index (χ3n) is 4.51. The first-order chi connectivity index (χ1) is 10.3. The molecule has 21 heavy (non-hydrogen) atoms. The molecule has 0 spiro atoms. The number of aromatic nitrogens is 2. The molecule has 1 N–H and O–H groups in total. The predicted molar refractivity (Wildman–Crippen MR) is 79.6 cm³/mol. The lowest BCUT2D eigenvalue weighted by Gasteiger charge is -2.24. The third kappa shape index (κ3) is 3.18. The van der Waals surface area contributed by atoms with Crippen molar-refractivity contribution >= 4 is 5.91 Å². The van der Waals surface area contributed by atoms with Crippen LogP contribution in [0, 0.1) is 0 Å². The molecule has 1 fully saturated rings. The number of carbonyl (C=O) groups is 1. The number of methoxy groups -OCH3 is 1. The number of H-pyrrole nitrogens is 1. The summed E-state index contributed by atoms with van der Waals surface area (Å²) in [6.45, 7) is 0.661. The van der Waals surface area contributed by atoms with Crippen LogP contribution in [0.4, 0.5) is 0 Å². The summed E-state index contributed by atoms with van der Waals surface area (Å²) in [5, 5.41) is 0. The standard InChI is InChI=1S/C16H23N3O2/c1-21-13-10-14(16-17-7-8-18-16)19(11-13)15(20)9-12-5-3-2-4-6-12/h5,7-8,13-14H,2-4,6,9-11H2,1H3,(H,17,18)/t13-,14?/m1/s1. The molecule has 1 aromatic heterocycles. The number of hydrogen-bond acceptors (Lipinski definition) is 3. The largest absolute Gasteiger partial charge is 0.380 e. The molecule has 5 nitrogen and oxygen atoms in total. The Morgan fingerprint density at radius 3 is 3.10 bits per heavy atom. The van der Waals surface area contributed by atoms with Gasteiger partial charge in [-0.3, -0.25) is 4.79 Å². The van der Waals surface area contributed by atoms with Gasteiger partial charge in [0.15, 0.2) is 0 Å². The van der Waals surface area contributed by atoms with Gasteiger partial charge in [-0.05, 0) is 25.7 Å². The van der Waals surface area contributed by atoms with Crippen molar-refractivity contribution in [3.63, 3.8) is 0 Å². The van der Waals surface area contributed by atoms with Crippen molar-refractivity contribution in [1.29, 1.82) is 0 Å². The van der Waals surface area contributed by atoms with Crippen molar-refractivity contribution in [3.05, 3.63) is 29.9 Å². The topological polar surface area (TPSA) is 58.2 Å². The normalized spacial score (nSPS) is 26.0. The fraction of sp³-hybridized carbons (Fsp3) is 0.625. The number of aromatic amines is 1. The number of imidazole rings is 1. The van der Waals surface area contributed by atoms with Gasteiger partial charge in [0, 0.05) is 38.9 Å². The Kier molecular flexibility index (Phi) is 4.39. The number of nitrogens with one attached hydrogen (secondary N) is 1. The van der Waals surface area contributed by atoms with Crippen LogP contribution in [0.2, 0.25) is 0 Å². The number of hydrogen-bond donors (Lipinski definition) is 1. The second kappa shape index (κ2) is 6.43. The summed E-state index contributed by atoms with van der Waals surface area (Å²) in [7, 11) is 1.71. The van der Waals surface area contributed by atoms with Crippen molar-refractivity contribution in [2.45, 2.75) is 50.7 Å². The monoisotopic (exact) mass is 289 g/mol. The molecule has 5 heteroatoms. The predicted octanol–water partition coefficient (Wildman–Crippen LogP) is 2.59. The Bertz CT molecular complexity index is 510. The van der Waals surface area contributed by atoms with Crippen LogP contribution >= 0.6 is 0 Å². The molecule has 1 aliphatic carbocycles. The molecule has 1 amide bonds. The molecule has 114 valence electrons. The van der Waals surface area contributed by atoms with Crippen molar-refractivity contribution in [1.82, 2.24) is 14.9 Å². The van der Waals surface area contributed by atoms with Crippen molar-refractivity contribution < 1.29 is 9.53 Å². The third-order valence-corrected chi connectivity index (χ3v) is 4.51. The van der Waals surface area contributed by atoms with E-state index in [0.717, 1.165) is 25.1 Å². The van der Waals surface area contributed by atoms with E-state index in [9.17, 15) is 4.79 Å². The van der Waals surface area contributed by atoms with Gasteiger partial charge >= 0.3 is 0 Å². The SMILES string of the molecule is CO[C@@H]1CC(c2ncc[nH]2)N(C(=O)CC2=CCCCC2)C1. The molecule has 1 aromatic rings. The highest BCUT2D eigenvalue weighted by Gasteiger charge is 2.37. The quantitative estimate of drug-likeness (QED) is 0.867. The highest BCUT2D eigenvalue weighted by Crippen LogP contribution is 2.33. The molecule has 0 bridgehead atoms. The van der Waals surface area contributed by atoms with Gasteiger partial charge < -0.3 is 14.6 Å². The summed E-state index contributed by atoms with van der Waals surface area (Å²) in [4.78, 5) is 22.1. The van der Waals surface area contributed by atoms with Crippen LogP contribution in [0.3, 0.4) is 0 Å². The minimum absolute atomic E-state index is 0.0154. The fourth-order valence-electron chi connectivity index (χ4n) is 3.32. The first-order valence-corrected chi connectivity index (χ1v) is 7.77. The molecular weight excluding hydrogens is 266 g/mol. The van der Waals surface area contributed by atoms with Gasteiger partial charge in [-0.25, -0.2) is 4.98 Å². The Hall–Kier alpha value is -1.62. The maximum absolute atomic E-state index is 12.7. The maximum atomic E-state index is 12.7. The lowest BCUT2D eigenvalue weighted by Crippen LogP contribution is -2.32. The zero-order chi connectivity index (χ0) is 14.7. The first kappa shape index (κ1) is 14.3. The summed E-state index contributed by atoms with van der Waals surface area (Å²) >= 11 is 0. The van der Waals surface area contributed by atoms with Crippen molar-refractivity contribution in [2.75, 3.05) is 13.7 Å². The van der Waals surface area contributed by atoms with E-state index in [1.807, 2.05) is 11.1 Å². The smallest absolute Gasteiger partial charge is 0.227 e. The Labute approximate surface area is 125 Å². The molecular formula is C16H23N3O2. The maximum Gasteiger partial charge on any atom is 0.227 e. The lowest BCUT2D eigenvalue weighted by atomic mass is 9.97. The highest BCUT2D eigenvalue weighted by atomic mass is 16.5. The van der Waals surface area contributed by atoms with Gasteiger partial charge in [0.05, 0.1) is 12.1 Å². The molecule has 1 unspecified atom stereocenters. The average Bonchev–Trinajstić information content (AvgIpc) is 3.17. The van der Waals surface area contributed by atoms with Crippen LogP contribution in [-0.4, -0.2) is 40.5 Å². The van der Waals surface area contributed by atoms with Crippen LogP contribution < -0.4 is 0 Å². The summed E-state index contributed by atoms with van der Waals surface area (Å²) in [6, 6.07) is 0.0154. The minimum atomic E-state index is 0.0154. The molecule has 3 rings (SSSR count). The number of carbonyl (C=O) groups excluding carboxylic acids is 1. The van der Waals surface area contributed by atoms with E-state index in [1.165, 1.54) is 18.4 Å². The van der Waals surface area contributed by atoms with Crippen molar-refractivity contribution in [3.8, 4) is 0 Å². The fourth-order valence-corrected chi connectivity index (χ4v) is 3.32. The molecule has 0 saturated carbocycles. The van der Waals surface area contributed by atoms with Crippen LogP contribution in [0.15, 0.2) is 24.0 Å². The van der Waals surface area contributed by atoms with E-state index in [0.29, 0.717) is 13.0 Å². The molecule has 1 aliphatic heterocycles. The Balaban J connectivity index is 1.71. The summed E-state index contributed by atoms with van der Waals surface area (Å²) in [5.74, 6) is 1.06. The van der Waals surface area contributed by atoms with E-state index in [-0.39, 0.29) is 18.1 Å². The van der Waals surface area contributed by atoms with Gasteiger partial charge in [-0.1, -0.05) is 11.6 Å². The van der Waals surface area contributed by atoms with Crippen LogP contribution in [0.25, 0.3) is 0 Å². The Morgan fingerprint density at radius 2 is 2.43 bits per heavy atom. The second-order valence-corrected chi connectivity index (χ2v) is 5.91. The molecule has 0 aromatic carbocycles. The molecule has 2 heterocycles.